The molecule has 0 amide bonds. The van der Waals surface area contributed by atoms with Crippen molar-refractivity contribution >= 4 is 10.0 Å². The van der Waals surface area contributed by atoms with E-state index in [2.05, 4.69) is 10.00 Å². The summed E-state index contributed by atoms with van der Waals surface area (Å²) >= 11 is 0. The molecule has 0 saturated carbocycles. The Balaban J connectivity index is 1.61. The molecule has 1 aliphatic rings. The Morgan fingerprint density at radius 2 is 1.79 bits per heavy atom. The summed E-state index contributed by atoms with van der Waals surface area (Å²) in [6.07, 6.45) is 1.00. The van der Waals surface area contributed by atoms with Gasteiger partial charge in [-0.1, -0.05) is 12.1 Å². The Hall–Kier alpha value is -2.04. The van der Waals surface area contributed by atoms with Crippen LogP contribution in [-0.4, -0.2) is 60.2 Å². The Labute approximate surface area is 163 Å². The van der Waals surface area contributed by atoms with E-state index in [-0.39, 0.29) is 10.6 Å². The Bertz CT molecular complexity index is 892. The number of rotatable bonds is 7. The number of ether oxygens (including phenoxy) is 1. The van der Waals surface area contributed by atoms with E-state index in [0.717, 1.165) is 17.5 Å². The molecule has 0 aliphatic carbocycles. The van der Waals surface area contributed by atoms with E-state index in [4.69, 9.17) is 4.74 Å². The van der Waals surface area contributed by atoms with Gasteiger partial charge in [0.05, 0.1) is 18.5 Å². The van der Waals surface area contributed by atoms with E-state index in [1.165, 1.54) is 11.2 Å². The largest absolute Gasteiger partial charge is 0.494 e. The molecule has 1 aromatic heterocycles. The molecule has 0 atom stereocenters. The van der Waals surface area contributed by atoms with E-state index in [0.29, 0.717) is 44.0 Å². The Kier molecular flexibility index (Phi) is 6.31. The van der Waals surface area contributed by atoms with Crippen LogP contribution in [-0.2, 0) is 16.6 Å². The van der Waals surface area contributed by atoms with Crippen LogP contribution in [0.4, 0.5) is 8.78 Å². The Morgan fingerprint density at radius 3 is 2.32 bits per heavy atom. The predicted octanol–water partition coefficient (Wildman–Crippen LogP) is 2.49. The van der Waals surface area contributed by atoms with Gasteiger partial charge >= 0.3 is 6.55 Å². The van der Waals surface area contributed by atoms with Gasteiger partial charge in [-0.3, -0.25) is 4.90 Å². The first-order valence-corrected chi connectivity index (χ1v) is 10.5. The van der Waals surface area contributed by atoms with Gasteiger partial charge in [0.2, 0.25) is 10.0 Å². The van der Waals surface area contributed by atoms with Crippen LogP contribution in [0.5, 0.6) is 5.75 Å². The standard InChI is InChI=1S/C18H24F2N4O3S/c1-3-27-16-6-4-15(5-7-16)13-22-8-10-23(11-9-22)28(25,26)17-12-21-24(14(17)2)18(19)20/h4-7,12,18H,3,8-11,13H2,1-2H3. The number of alkyl halides is 2. The van der Waals surface area contributed by atoms with Crippen molar-refractivity contribution in [2.75, 3.05) is 32.8 Å². The molecule has 1 aromatic carbocycles. The fourth-order valence-corrected chi connectivity index (χ4v) is 4.81. The molecule has 154 valence electrons. The topological polar surface area (TPSA) is 67.7 Å². The fourth-order valence-electron chi connectivity index (χ4n) is 3.24. The van der Waals surface area contributed by atoms with Crippen molar-refractivity contribution in [3.05, 3.63) is 41.7 Å². The monoisotopic (exact) mass is 414 g/mol. The normalized spacial score (nSPS) is 16.6. The van der Waals surface area contributed by atoms with Crippen LogP contribution in [0.15, 0.2) is 35.4 Å². The zero-order valence-corrected chi connectivity index (χ0v) is 16.7. The maximum atomic E-state index is 12.9. The van der Waals surface area contributed by atoms with Crippen molar-refractivity contribution < 1.29 is 21.9 Å². The lowest BCUT2D eigenvalue weighted by atomic mass is 10.2. The maximum Gasteiger partial charge on any atom is 0.333 e. The van der Waals surface area contributed by atoms with Crippen LogP contribution < -0.4 is 4.74 Å². The molecule has 28 heavy (non-hydrogen) atoms. The highest BCUT2D eigenvalue weighted by molar-refractivity contribution is 7.89. The summed E-state index contributed by atoms with van der Waals surface area (Å²) in [5, 5.41) is 3.51. The maximum absolute atomic E-state index is 12.9. The van der Waals surface area contributed by atoms with Crippen molar-refractivity contribution in [1.29, 1.82) is 0 Å². The molecule has 2 aromatic rings. The summed E-state index contributed by atoms with van der Waals surface area (Å²) in [7, 11) is -3.84. The molecule has 10 heteroatoms. The molecule has 3 rings (SSSR count). The van der Waals surface area contributed by atoms with Gasteiger partial charge in [0.15, 0.2) is 0 Å². The van der Waals surface area contributed by atoms with E-state index in [9.17, 15) is 17.2 Å². The van der Waals surface area contributed by atoms with Crippen LogP contribution in [0, 0.1) is 6.92 Å². The van der Waals surface area contributed by atoms with Crippen molar-refractivity contribution in [3.8, 4) is 5.75 Å². The number of nitrogens with zero attached hydrogens (tertiary/aromatic N) is 4. The molecule has 0 bridgehead atoms. The van der Waals surface area contributed by atoms with E-state index in [1.807, 2.05) is 31.2 Å². The van der Waals surface area contributed by atoms with E-state index in [1.54, 1.807) is 0 Å². The minimum absolute atomic E-state index is 0.0492. The molecule has 0 unspecified atom stereocenters. The number of sulfonamides is 1. The smallest absolute Gasteiger partial charge is 0.333 e. The van der Waals surface area contributed by atoms with Gasteiger partial charge in [-0.25, -0.2) is 13.1 Å². The molecule has 7 nitrogen and oxygen atoms in total. The lowest BCUT2D eigenvalue weighted by Crippen LogP contribution is -2.48. The van der Waals surface area contributed by atoms with Gasteiger partial charge in [0, 0.05) is 32.7 Å². The molecule has 0 N–H and O–H groups in total. The highest BCUT2D eigenvalue weighted by atomic mass is 32.2. The zero-order chi connectivity index (χ0) is 20.3. The van der Waals surface area contributed by atoms with Crippen molar-refractivity contribution in [2.24, 2.45) is 0 Å². The number of hydrogen-bond donors (Lipinski definition) is 0. The average Bonchev–Trinajstić information content (AvgIpc) is 3.06. The summed E-state index contributed by atoms with van der Waals surface area (Å²) in [4.78, 5) is 2.00. The summed E-state index contributed by atoms with van der Waals surface area (Å²) in [6.45, 7) is 3.47. The molecule has 1 fully saturated rings. The highest BCUT2D eigenvalue weighted by Crippen LogP contribution is 2.24. The van der Waals surface area contributed by atoms with Crippen LogP contribution in [0.2, 0.25) is 0 Å². The summed E-state index contributed by atoms with van der Waals surface area (Å²) in [6, 6.07) is 7.83. The molecule has 2 heterocycles. The number of piperazine rings is 1. The predicted molar refractivity (Wildman–Crippen MR) is 99.9 cm³/mol. The minimum atomic E-state index is -3.84. The fraction of sp³-hybridized carbons (Fsp3) is 0.500. The minimum Gasteiger partial charge on any atom is -0.494 e. The molecule has 1 aliphatic heterocycles. The van der Waals surface area contributed by atoms with Gasteiger partial charge in [0.25, 0.3) is 0 Å². The van der Waals surface area contributed by atoms with Gasteiger partial charge in [-0.2, -0.15) is 18.2 Å². The first-order chi connectivity index (χ1) is 13.3. The van der Waals surface area contributed by atoms with Crippen LogP contribution in [0.1, 0.15) is 24.7 Å². The molecular formula is C18H24F2N4O3S. The van der Waals surface area contributed by atoms with Gasteiger partial charge in [-0.05, 0) is 31.5 Å². The SMILES string of the molecule is CCOc1ccc(CN2CCN(S(=O)(=O)c3cnn(C(F)F)c3C)CC2)cc1. The quantitative estimate of drug-likeness (QED) is 0.696. The van der Waals surface area contributed by atoms with Crippen molar-refractivity contribution in [3.63, 3.8) is 0 Å². The van der Waals surface area contributed by atoms with Gasteiger partial charge in [0.1, 0.15) is 10.6 Å². The summed E-state index contributed by atoms with van der Waals surface area (Å²) in [5.41, 5.74) is 1.07. The Morgan fingerprint density at radius 1 is 1.14 bits per heavy atom. The van der Waals surface area contributed by atoms with Crippen LogP contribution in [0.3, 0.4) is 0 Å². The third kappa shape index (κ3) is 4.34. The number of benzene rings is 1. The number of hydrogen-bond acceptors (Lipinski definition) is 5. The average molecular weight is 414 g/mol. The molecular weight excluding hydrogens is 390 g/mol. The highest BCUT2D eigenvalue weighted by Gasteiger charge is 2.32. The van der Waals surface area contributed by atoms with Crippen LogP contribution >= 0.6 is 0 Å². The third-order valence-electron chi connectivity index (χ3n) is 4.77. The van der Waals surface area contributed by atoms with E-state index < -0.39 is 16.6 Å². The van der Waals surface area contributed by atoms with E-state index >= 15 is 0 Å². The summed E-state index contributed by atoms with van der Waals surface area (Å²) < 4.78 is 58.5. The van der Waals surface area contributed by atoms with Crippen molar-refractivity contribution in [1.82, 2.24) is 19.0 Å². The number of halogens is 2. The second kappa shape index (κ2) is 8.54. The first-order valence-electron chi connectivity index (χ1n) is 9.09. The van der Waals surface area contributed by atoms with Crippen LogP contribution in [0.25, 0.3) is 0 Å². The third-order valence-corrected chi connectivity index (χ3v) is 6.78. The summed E-state index contributed by atoms with van der Waals surface area (Å²) in [5.74, 6) is 0.821. The molecule has 1 saturated heterocycles. The molecule has 0 radical (unpaired) electrons. The van der Waals surface area contributed by atoms with Gasteiger partial charge < -0.3 is 4.74 Å². The van der Waals surface area contributed by atoms with Crippen molar-refractivity contribution in [2.45, 2.75) is 31.8 Å². The first kappa shape index (κ1) is 20.7. The zero-order valence-electron chi connectivity index (χ0n) is 15.9. The second-order valence-corrected chi connectivity index (χ2v) is 8.48. The number of aromatic nitrogens is 2. The van der Waals surface area contributed by atoms with Gasteiger partial charge in [-0.15, -0.1) is 0 Å². The molecule has 0 spiro atoms. The lowest BCUT2D eigenvalue weighted by molar-refractivity contribution is 0.0541. The second-order valence-electron chi connectivity index (χ2n) is 6.57. The lowest BCUT2D eigenvalue weighted by Gasteiger charge is -2.33.